The van der Waals surface area contributed by atoms with E-state index in [1.807, 2.05) is 72.8 Å². The van der Waals surface area contributed by atoms with Crippen LogP contribution in [0.25, 0.3) is 21.9 Å². The Kier molecular flexibility index (Phi) is 5.22. The quantitative estimate of drug-likeness (QED) is 0.342. The number of ether oxygens (including phenoxy) is 2. The summed E-state index contributed by atoms with van der Waals surface area (Å²) < 4.78 is 17.2. The van der Waals surface area contributed by atoms with Crippen molar-refractivity contribution in [1.82, 2.24) is 0 Å². The first kappa shape index (κ1) is 19.7. The number of fused-ring (bicyclic) bond motifs is 3. The second kappa shape index (κ2) is 8.47. The molecule has 0 aliphatic carbocycles. The summed E-state index contributed by atoms with van der Waals surface area (Å²) in [7, 11) is 1.58. The molecule has 5 rings (SSSR count). The fraction of sp³-hybridized carbons (Fsp3) is 0.0741. The molecule has 4 aromatic carbocycles. The van der Waals surface area contributed by atoms with Crippen LogP contribution >= 0.6 is 0 Å². The third-order valence-electron chi connectivity index (χ3n) is 5.31. The number of rotatable bonds is 6. The number of amides is 1. The first-order chi connectivity index (χ1) is 15.7. The number of carbonyl (C=O) groups excluding carboxylic acids is 1. The summed E-state index contributed by atoms with van der Waals surface area (Å²) in [6.07, 6.45) is 0. The van der Waals surface area contributed by atoms with Crippen LogP contribution in [-0.2, 0) is 6.61 Å². The Hall–Kier alpha value is -4.25. The molecule has 0 fully saturated rings. The molecule has 1 amide bonds. The Bertz CT molecular complexity index is 1390. The van der Waals surface area contributed by atoms with Crippen LogP contribution in [0, 0.1) is 0 Å². The van der Waals surface area contributed by atoms with Gasteiger partial charge in [-0.05, 0) is 42.0 Å². The first-order valence-corrected chi connectivity index (χ1v) is 10.3. The molecule has 1 N–H and O–H groups in total. The number of carbonyl (C=O) groups is 1. The number of hydrogen-bond donors (Lipinski definition) is 1. The molecule has 0 unspecified atom stereocenters. The van der Waals surface area contributed by atoms with E-state index < -0.39 is 0 Å². The molecule has 0 bridgehead atoms. The largest absolute Gasteiger partial charge is 0.495 e. The lowest BCUT2D eigenvalue weighted by Gasteiger charge is -2.11. The van der Waals surface area contributed by atoms with E-state index in [9.17, 15) is 4.79 Å². The lowest BCUT2D eigenvalue weighted by molar-refractivity contribution is 0.102. The Morgan fingerprint density at radius 1 is 0.844 bits per heavy atom. The second-order valence-electron chi connectivity index (χ2n) is 7.40. The SMILES string of the molecule is COc1cc2c(cc1NC(=O)c1ccc(COc3ccccc3)cc1)oc1ccccc12. The van der Waals surface area contributed by atoms with Gasteiger partial charge in [0, 0.05) is 22.4 Å². The van der Waals surface area contributed by atoms with Crippen molar-refractivity contribution in [3.63, 3.8) is 0 Å². The predicted octanol–water partition coefficient (Wildman–Crippen LogP) is 6.43. The highest BCUT2D eigenvalue weighted by Gasteiger charge is 2.15. The van der Waals surface area contributed by atoms with Crippen molar-refractivity contribution in [3.05, 3.63) is 102 Å². The standard InChI is InChI=1S/C27H21NO4/c1-30-26-15-22-21-9-5-6-10-24(21)32-25(22)16-23(26)28-27(29)19-13-11-18(12-14-19)17-31-20-7-3-2-4-8-20/h2-16H,17H2,1H3,(H,28,29). The number of benzene rings is 4. The monoisotopic (exact) mass is 423 g/mol. The molecule has 1 heterocycles. The van der Waals surface area contributed by atoms with Gasteiger partial charge >= 0.3 is 0 Å². The third kappa shape index (κ3) is 3.88. The van der Waals surface area contributed by atoms with E-state index in [0.29, 0.717) is 29.2 Å². The molecule has 0 saturated carbocycles. The van der Waals surface area contributed by atoms with Gasteiger partial charge in [0.25, 0.3) is 5.91 Å². The zero-order chi connectivity index (χ0) is 21.9. The molecule has 32 heavy (non-hydrogen) atoms. The summed E-state index contributed by atoms with van der Waals surface area (Å²) in [5.41, 5.74) is 3.56. The van der Waals surface area contributed by atoms with Gasteiger partial charge in [0.2, 0.25) is 0 Å². The molecule has 0 saturated heterocycles. The fourth-order valence-corrected chi connectivity index (χ4v) is 3.65. The van der Waals surface area contributed by atoms with Crippen molar-refractivity contribution < 1.29 is 18.7 Å². The highest BCUT2D eigenvalue weighted by Crippen LogP contribution is 2.36. The summed E-state index contributed by atoms with van der Waals surface area (Å²) in [6, 6.07) is 28.5. The van der Waals surface area contributed by atoms with Crippen molar-refractivity contribution >= 4 is 33.5 Å². The summed E-state index contributed by atoms with van der Waals surface area (Å²) >= 11 is 0. The Balaban J connectivity index is 1.34. The van der Waals surface area contributed by atoms with Gasteiger partial charge in [-0.25, -0.2) is 0 Å². The van der Waals surface area contributed by atoms with Gasteiger partial charge in [0.05, 0.1) is 12.8 Å². The van der Waals surface area contributed by atoms with Gasteiger partial charge in [-0.15, -0.1) is 0 Å². The van der Waals surface area contributed by atoms with E-state index in [0.717, 1.165) is 27.7 Å². The number of methoxy groups -OCH3 is 1. The molecular weight excluding hydrogens is 402 g/mol. The first-order valence-electron chi connectivity index (χ1n) is 10.3. The third-order valence-corrected chi connectivity index (χ3v) is 5.31. The zero-order valence-corrected chi connectivity index (χ0v) is 17.5. The summed E-state index contributed by atoms with van der Waals surface area (Å²) in [5, 5.41) is 4.89. The predicted molar refractivity (Wildman–Crippen MR) is 125 cm³/mol. The Morgan fingerprint density at radius 3 is 2.38 bits per heavy atom. The molecule has 0 aliphatic heterocycles. The van der Waals surface area contributed by atoms with Crippen LogP contribution in [0.2, 0.25) is 0 Å². The molecule has 0 atom stereocenters. The lowest BCUT2D eigenvalue weighted by Crippen LogP contribution is -2.12. The van der Waals surface area contributed by atoms with Crippen molar-refractivity contribution in [3.8, 4) is 11.5 Å². The van der Waals surface area contributed by atoms with Crippen LogP contribution in [0.1, 0.15) is 15.9 Å². The van der Waals surface area contributed by atoms with Gasteiger partial charge in [-0.1, -0.05) is 48.5 Å². The number of para-hydroxylation sites is 2. The van der Waals surface area contributed by atoms with E-state index in [1.165, 1.54) is 0 Å². The second-order valence-corrected chi connectivity index (χ2v) is 7.40. The molecule has 5 heteroatoms. The minimum absolute atomic E-state index is 0.228. The molecular formula is C27H21NO4. The molecule has 158 valence electrons. The molecule has 0 radical (unpaired) electrons. The van der Waals surface area contributed by atoms with Crippen LogP contribution < -0.4 is 14.8 Å². The van der Waals surface area contributed by atoms with E-state index in [-0.39, 0.29) is 5.91 Å². The molecule has 5 aromatic rings. The van der Waals surface area contributed by atoms with Gasteiger partial charge < -0.3 is 19.2 Å². The van der Waals surface area contributed by atoms with Crippen LogP contribution in [0.5, 0.6) is 11.5 Å². The normalized spacial score (nSPS) is 10.9. The average Bonchev–Trinajstić information content (AvgIpc) is 3.20. The van der Waals surface area contributed by atoms with Gasteiger partial charge in [-0.3, -0.25) is 4.79 Å². The van der Waals surface area contributed by atoms with Crippen LogP contribution in [0.4, 0.5) is 5.69 Å². The summed E-state index contributed by atoms with van der Waals surface area (Å²) in [5.74, 6) is 1.15. The van der Waals surface area contributed by atoms with Crippen LogP contribution in [-0.4, -0.2) is 13.0 Å². The maximum atomic E-state index is 12.9. The average molecular weight is 423 g/mol. The highest BCUT2D eigenvalue weighted by atomic mass is 16.5. The Morgan fingerprint density at radius 2 is 1.59 bits per heavy atom. The van der Waals surface area contributed by atoms with Crippen molar-refractivity contribution in [2.45, 2.75) is 6.61 Å². The maximum Gasteiger partial charge on any atom is 0.255 e. The molecule has 0 aliphatic rings. The van der Waals surface area contributed by atoms with Gasteiger partial charge in [-0.2, -0.15) is 0 Å². The van der Waals surface area contributed by atoms with E-state index in [4.69, 9.17) is 13.9 Å². The zero-order valence-electron chi connectivity index (χ0n) is 17.5. The lowest BCUT2D eigenvalue weighted by atomic mass is 10.1. The van der Waals surface area contributed by atoms with E-state index >= 15 is 0 Å². The topological polar surface area (TPSA) is 60.7 Å². The number of nitrogens with one attached hydrogen (secondary N) is 1. The van der Waals surface area contributed by atoms with Crippen LogP contribution in [0.3, 0.4) is 0 Å². The van der Waals surface area contributed by atoms with Crippen molar-refractivity contribution in [2.75, 3.05) is 12.4 Å². The summed E-state index contributed by atoms with van der Waals surface area (Å²) in [6.45, 7) is 0.433. The Labute approximate surface area is 185 Å². The number of furan rings is 1. The van der Waals surface area contributed by atoms with E-state index in [1.54, 1.807) is 25.3 Å². The minimum atomic E-state index is -0.228. The van der Waals surface area contributed by atoms with Crippen LogP contribution in [0.15, 0.2) is 95.4 Å². The van der Waals surface area contributed by atoms with Gasteiger partial charge in [0.1, 0.15) is 29.3 Å². The minimum Gasteiger partial charge on any atom is -0.495 e. The number of hydrogen-bond acceptors (Lipinski definition) is 4. The molecule has 0 spiro atoms. The maximum absolute atomic E-state index is 12.9. The number of anilines is 1. The van der Waals surface area contributed by atoms with Gasteiger partial charge in [0.15, 0.2) is 0 Å². The highest BCUT2D eigenvalue weighted by molar-refractivity contribution is 6.10. The summed E-state index contributed by atoms with van der Waals surface area (Å²) in [4.78, 5) is 12.9. The molecule has 5 nitrogen and oxygen atoms in total. The molecule has 1 aromatic heterocycles. The van der Waals surface area contributed by atoms with E-state index in [2.05, 4.69) is 5.32 Å². The fourth-order valence-electron chi connectivity index (χ4n) is 3.65. The van der Waals surface area contributed by atoms with Crippen molar-refractivity contribution in [2.24, 2.45) is 0 Å². The van der Waals surface area contributed by atoms with Crippen molar-refractivity contribution in [1.29, 1.82) is 0 Å². The smallest absolute Gasteiger partial charge is 0.255 e.